The Kier molecular flexibility index (Phi) is 4.07. The average Bonchev–Trinajstić information content (AvgIpc) is 2.50. The molecule has 2 aromatic rings. The molecule has 1 aliphatic rings. The van der Waals surface area contributed by atoms with Gasteiger partial charge in [-0.25, -0.2) is 4.39 Å². The third-order valence-electron chi connectivity index (χ3n) is 4.86. The van der Waals surface area contributed by atoms with Crippen molar-refractivity contribution in [1.82, 2.24) is 5.32 Å². The van der Waals surface area contributed by atoms with Gasteiger partial charge in [0.15, 0.2) is 0 Å². The van der Waals surface area contributed by atoms with Crippen LogP contribution in [-0.2, 0) is 5.41 Å². The van der Waals surface area contributed by atoms with Crippen LogP contribution in [-0.4, -0.2) is 12.5 Å². The van der Waals surface area contributed by atoms with Crippen LogP contribution in [0.25, 0.3) is 0 Å². The standard InChI is InChI=1S/C19H21FN2O/c1-13-3-8-16(21)11-17(13)18(23)22-12-19(9-2-10-19)14-4-6-15(20)7-5-14/h3-8,11H,2,9-10,12,21H2,1H3,(H,22,23). The van der Waals surface area contributed by atoms with Crippen LogP contribution in [0.1, 0.15) is 40.7 Å². The van der Waals surface area contributed by atoms with Crippen molar-refractivity contribution in [3.05, 3.63) is 65.0 Å². The molecule has 3 N–H and O–H groups in total. The fourth-order valence-electron chi connectivity index (χ4n) is 3.20. The second-order valence-electron chi connectivity index (χ2n) is 6.40. The number of nitrogens with two attached hydrogens (primary N) is 1. The van der Waals surface area contributed by atoms with Gasteiger partial charge in [-0.15, -0.1) is 0 Å². The first-order valence-electron chi connectivity index (χ1n) is 7.91. The maximum Gasteiger partial charge on any atom is 0.251 e. The number of nitrogen functional groups attached to an aromatic ring is 1. The third kappa shape index (κ3) is 3.07. The number of hydrogen-bond donors (Lipinski definition) is 2. The average molecular weight is 312 g/mol. The van der Waals surface area contributed by atoms with E-state index in [-0.39, 0.29) is 17.1 Å². The SMILES string of the molecule is Cc1ccc(N)cc1C(=O)NCC1(c2ccc(F)cc2)CCC1. The van der Waals surface area contributed by atoms with Crippen LogP contribution in [0.15, 0.2) is 42.5 Å². The molecule has 23 heavy (non-hydrogen) atoms. The largest absolute Gasteiger partial charge is 0.399 e. The number of carbonyl (C=O) groups is 1. The number of anilines is 1. The van der Waals surface area contributed by atoms with E-state index in [2.05, 4.69) is 5.32 Å². The molecule has 0 atom stereocenters. The van der Waals surface area contributed by atoms with E-state index >= 15 is 0 Å². The first kappa shape index (κ1) is 15.5. The molecule has 0 unspecified atom stereocenters. The van der Waals surface area contributed by atoms with Gasteiger partial charge in [-0.1, -0.05) is 24.6 Å². The van der Waals surface area contributed by atoms with Crippen molar-refractivity contribution >= 4 is 11.6 Å². The Bertz CT molecular complexity index is 721. The van der Waals surface area contributed by atoms with E-state index in [0.717, 1.165) is 30.4 Å². The minimum Gasteiger partial charge on any atom is -0.399 e. The molecule has 1 aliphatic carbocycles. The Labute approximate surface area is 135 Å². The van der Waals surface area contributed by atoms with Gasteiger partial charge in [0.05, 0.1) is 0 Å². The Morgan fingerprint density at radius 3 is 2.52 bits per heavy atom. The van der Waals surface area contributed by atoms with Gasteiger partial charge in [-0.3, -0.25) is 4.79 Å². The molecule has 4 heteroatoms. The number of carbonyl (C=O) groups excluding carboxylic acids is 1. The van der Waals surface area contributed by atoms with Gasteiger partial charge in [-0.2, -0.15) is 0 Å². The van der Waals surface area contributed by atoms with Crippen molar-refractivity contribution in [2.24, 2.45) is 0 Å². The zero-order valence-electron chi connectivity index (χ0n) is 13.2. The summed E-state index contributed by atoms with van der Waals surface area (Å²) in [5.41, 5.74) is 8.89. The number of nitrogens with one attached hydrogen (secondary N) is 1. The molecule has 0 aliphatic heterocycles. The highest BCUT2D eigenvalue weighted by Gasteiger charge is 2.38. The van der Waals surface area contributed by atoms with Crippen LogP contribution in [0.5, 0.6) is 0 Å². The van der Waals surface area contributed by atoms with Crippen LogP contribution < -0.4 is 11.1 Å². The summed E-state index contributed by atoms with van der Waals surface area (Å²) in [6.45, 7) is 2.46. The molecule has 0 spiro atoms. The fraction of sp³-hybridized carbons (Fsp3) is 0.316. The maximum absolute atomic E-state index is 13.1. The molecule has 3 nitrogen and oxygen atoms in total. The van der Waals surface area contributed by atoms with E-state index in [1.165, 1.54) is 12.1 Å². The van der Waals surface area contributed by atoms with E-state index in [9.17, 15) is 9.18 Å². The fourth-order valence-corrected chi connectivity index (χ4v) is 3.20. The van der Waals surface area contributed by atoms with Gasteiger partial charge < -0.3 is 11.1 Å². The molecule has 3 rings (SSSR count). The third-order valence-corrected chi connectivity index (χ3v) is 4.86. The molecule has 0 saturated heterocycles. The molecular formula is C19H21FN2O. The molecule has 0 radical (unpaired) electrons. The Balaban J connectivity index is 1.74. The Morgan fingerprint density at radius 1 is 1.22 bits per heavy atom. The predicted octanol–water partition coefficient (Wildman–Crippen LogP) is 3.57. The van der Waals surface area contributed by atoms with Crippen molar-refractivity contribution in [2.45, 2.75) is 31.6 Å². The summed E-state index contributed by atoms with van der Waals surface area (Å²) < 4.78 is 13.1. The van der Waals surface area contributed by atoms with Gasteiger partial charge in [0.2, 0.25) is 0 Å². The molecule has 0 heterocycles. The van der Waals surface area contributed by atoms with Gasteiger partial charge in [-0.05, 0) is 55.2 Å². The number of aryl methyl sites for hydroxylation is 1. The summed E-state index contributed by atoms with van der Waals surface area (Å²) in [5, 5.41) is 3.03. The van der Waals surface area contributed by atoms with Crippen molar-refractivity contribution < 1.29 is 9.18 Å². The summed E-state index contributed by atoms with van der Waals surface area (Å²) in [5.74, 6) is -0.342. The second kappa shape index (κ2) is 6.03. The topological polar surface area (TPSA) is 55.1 Å². The molecule has 1 fully saturated rings. The normalized spacial score (nSPS) is 15.7. The van der Waals surface area contributed by atoms with Crippen molar-refractivity contribution in [3.63, 3.8) is 0 Å². The molecule has 0 bridgehead atoms. The lowest BCUT2D eigenvalue weighted by atomic mass is 9.64. The van der Waals surface area contributed by atoms with E-state index in [0.29, 0.717) is 17.8 Å². The predicted molar refractivity (Wildman–Crippen MR) is 89.9 cm³/mol. The van der Waals surface area contributed by atoms with Gasteiger partial charge in [0.25, 0.3) is 5.91 Å². The maximum atomic E-state index is 13.1. The molecule has 120 valence electrons. The lowest BCUT2D eigenvalue weighted by Gasteiger charge is -2.42. The van der Waals surface area contributed by atoms with Gasteiger partial charge in [0, 0.05) is 23.2 Å². The zero-order chi connectivity index (χ0) is 16.4. The summed E-state index contributed by atoms with van der Waals surface area (Å²) in [6.07, 6.45) is 3.15. The Hall–Kier alpha value is -2.36. The molecule has 1 amide bonds. The second-order valence-corrected chi connectivity index (χ2v) is 6.40. The van der Waals surface area contributed by atoms with Crippen molar-refractivity contribution in [2.75, 3.05) is 12.3 Å². The molecular weight excluding hydrogens is 291 g/mol. The number of hydrogen-bond acceptors (Lipinski definition) is 2. The highest BCUT2D eigenvalue weighted by Crippen LogP contribution is 2.43. The number of benzene rings is 2. The van der Waals surface area contributed by atoms with Gasteiger partial charge >= 0.3 is 0 Å². The Morgan fingerprint density at radius 2 is 1.91 bits per heavy atom. The smallest absolute Gasteiger partial charge is 0.251 e. The van der Waals surface area contributed by atoms with E-state index in [4.69, 9.17) is 5.73 Å². The number of amides is 1. The van der Waals surface area contributed by atoms with Crippen LogP contribution in [0.2, 0.25) is 0 Å². The van der Waals surface area contributed by atoms with Crippen molar-refractivity contribution in [3.8, 4) is 0 Å². The lowest BCUT2D eigenvalue weighted by molar-refractivity contribution is 0.0927. The molecule has 0 aromatic heterocycles. The van der Waals surface area contributed by atoms with Crippen molar-refractivity contribution in [1.29, 1.82) is 0 Å². The minimum atomic E-state index is -0.234. The summed E-state index contributed by atoms with van der Waals surface area (Å²) in [4.78, 5) is 12.5. The summed E-state index contributed by atoms with van der Waals surface area (Å²) in [7, 11) is 0. The molecule has 1 saturated carbocycles. The number of rotatable bonds is 4. The first-order chi connectivity index (χ1) is 11.0. The minimum absolute atomic E-state index is 0.0718. The monoisotopic (exact) mass is 312 g/mol. The zero-order valence-corrected chi connectivity index (χ0v) is 13.2. The van der Waals surface area contributed by atoms with E-state index in [1.54, 1.807) is 12.1 Å². The van der Waals surface area contributed by atoms with Gasteiger partial charge in [0.1, 0.15) is 5.82 Å². The highest BCUT2D eigenvalue weighted by atomic mass is 19.1. The number of halogens is 1. The van der Waals surface area contributed by atoms with E-state index in [1.807, 2.05) is 25.1 Å². The van der Waals surface area contributed by atoms with E-state index < -0.39 is 0 Å². The van der Waals surface area contributed by atoms with Crippen LogP contribution in [0.4, 0.5) is 10.1 Å². The van der Waals surface area contributed by atoms with Crippen LogP contribution in [0, 0.1) is 12.7 Å². The summed E-state index contributed by atoms with van der Waals surface area (Å²) >= 11 is 0. The lowest BCUT2D eigenvalue weighted by Crippen LogP contribution is -2.45. The first-order valence-corrected chi connectivity index (χ1v) is 7.91. The molecule has 2 aromatic carbocycles. The van der Waals surface area contributed by atoms with Crippen LogP contribution >= 0.6 is 0 Å². The quantitative estimate of drug-likeness (QED) is 0.848. The summed E-state index contributed by atoms with van der Waals surface area (Å²) in [6, 6.07) is 12.0. The van der Waals surface area contributed by atoms with Crippen LogP contribution in [0.3, 0.4) is 0 Å². The highest BCUT2D eigenvalue weighted by molar-refractivity contribution is 5.96.